The summed E-state index contributed by atoms with van der Waals surface area (Å²) in [4.78, 5) is 58.6. The molecule has 3 rings (SSSR count). The van der Waals surface area contributed by atoms with Gasteiger partial charge in [0.25, 0.3) is 0 Å². The predicted octanol–water partition coefficient (Wildman–Crippen LogP) is 3.60. The molecule has 3 aliphatic rings. The van der Waals surface area contributed by atoms with E-state index < -0.39 is 35.4 Å². The Balaban J connectivity index is 1.88. The van der Waals surface area contributed by atoms with E-state index in [1.54, 1.807) is 12.2 Å². The molecule has 1 unspecified atom stereocenters. The van der Waals surface area contributed by atoms with E-state index in [4.69, 9.17) is 24.4 Å². The van der Waals surface area contributed by atoms with E-state index in [2.05, 4.69) is 13.5 Å². The molecular weight excluding hydrogens is 496 g/mol. The monoisotopic (exact) mass is 532 g/mol. The molecule has 2 aliphatic carbocycles. The second-order valence-electron chi connectivity index (χ2n) is 10.8. The zero-order valence-electron chi connectivity index (χ0n) is 21.9. The fraction of sp³-hybridized carbons (Fsp3) is 0.607. The van der Waals surface area contributed by atoms with Crippen LogP contribution in [-0.2, 0) is 38.2 Å². The Morgan fingerprint density at radius 1 is 1.08 bits per heavy atom. The number of cyclic esters (lactones) is 1. The lowest BCUT2D eigenvalue weighted by molar-refractivity contribution is -0.192. The summed E-state index contributed by atoms with van der Waals surface area (Å²) in [6, 6.07) is 0. The predicted molar refractivity (Wildman–Crippen MR) is 134 cm³/mol. The molecular formula is C28H36O10. The van der Waals surface area contributed by atoms with E-state index in [0.29, 0.717) is 31.3 Å². The van der Waals surface area contributed by atoms with Gasteiger partial charge in [-0.05, 0) is 43.1 Å². The fourth-order valence-electron chi connectivity index (χ4n) is 6.30. The molecule has 0 aromatic heterocycles. The Bertz CT molecular complexity index is 1060. The van der Waals surface area contributed by atoms with E-state index in [1.807, 2.05) is 13.0 Å². The van der Waals surface area contributed by atoms with E-state index in [1.165, 1.54) is 0 Å². The lowest BCUT2D eigenvalue weighted by Gasteiger charge is -2.59. The number of ether oxygens (including phenoxy) is 3. The quantitative estimate of drug-likeness (QED) is 0.229. The standard InChI is InChI=1S/C28H36O10/c1-17-4-7-20-27(2,19(17)6-5-18-13-15-36-26(18)35)14-12-21(38-25(34)11-9-23(31)32)28(20,3)16-37-24(33)10-8-22(29)30/h5-6,13,19-21H,1,4,7-12,14-16H2,2-3H3,(H,29,30)(H,31,32)/b6-5+/t19-,20+,21?,27+,28+/m1/s1. The van der Waals surface area contributed by atoms with Gasteiger partial charge in [-0.25, -0.2) is 4.79 Å². The Kier molecular flexibility index (Phi) is 9.17. The number of carboxylic acid groups (broad SMARTS) is 2. The SMILES string of the molecule is C=C1CC[C@H]2[C@@](C)(CCC(OC(=O)CCC(=O)O)[C@@]2(C)COC(=O)CCC(=O)O)[C@@H]1/C=C/C1=CCOC1=O. The number of esters is 3. The molecule has 0 saturated heterocycles. The van der Waals surface area contributed by atoms with Gasteiger partial charge in [0.2, 0.25) is 0 Å². The van der Waals surface area contributed by atoms with Crippen LogP contribution < -0.4 is 0 Å². The van der Waals surface area contributed by atoms with E-state index >= 15 is 0 Å². The van der Waals surface area contributed by atoms with E-state index in [-0.39, 0.29) is 62.1 Å². The molecule has 0 aromatic carbocycles. The second kappa shape index (κ2) is 12.0. The summed E-state index contributed by atoms with van der Waals surface area (Å²) in [6.45, 7) is 8.49. The molecule has 0 aromatic rings. The number of allylic oxidation sites excluding steroid dienone is 2. The van der Waals surface area contributed by atoms with Crippen LogP contribution in [0.3, 0.4) is 0 Å². The van der Waals surface area contributed by atoms with Crippen molar-refractivity contribution in [2.75, 3.05) is 13.2 Å². The van der Waals surface area contributed by atoms with Crippen LogP contribution in [0, 0.1) is 22.7 Å². The molecule has 1 heterocycles. The highest BCUT2D eigenvalue weighted by atomic mass is 16.6. The molecule has 0 radical (unpaired) electrons. The van der Waals surface area contributed by atoms with Crippen molar-refractivity contribution in [1.29, 1.82) is 0 Å². The summed E-state index contributed by atoms with van der Waals surface area (Å²) in [6.07, 6.45) is 6.10. The minimum atomic E-state index is -1.11. The van der Waals surface area contributed by atoms with Crippen molar-refractivity contribution in [3.63, 3.8) is 0 Å². The van der Waals surface area contributed by atoms with Crippen LogP contribution in [0.15, 0.2) is 36.0 Å². The first-order valence-corrected chi connectivity index (χ1v) is 12.9. The van der Waals surface area contributed by atoms with Gasteiger partial charge in [0.15, 0.2) is 0 Å². The third-order valence-electron chi connectivity index (χ3n) is 8.30. The Labute approximate surface area is 221 Å². The molecule has 2 N–H and O–H groups in total. The van der Waals surface area contributed by atoms with Crippen molar-refractivity contribution in [3.05, 3.63) is 36.0 Å². The summed E-state index contributed by atoms with van der Waals surface area (Å²) in [7, 11) is 0. The molecule has 2 fully saturated rings. The summed E-state index contributed by atoms with van der Waals surface area (Å²) in [5.41, 5.74) is 0.328. The van der Waals surface area contributed by atoms with E-state index in [0.717, 1.165) is 5.57 Å². The highest BCUT2D eigenvalue weighted by Crippen LogP contribution is 2.62. The summed E-state index contributed by atoms with van der Waals surface area (Å²) in [5.74, 6) is -4.05. The Morgan fingerprint density at radius 2 is 1.74 bits per heavy atom. The maximum atomic E-state index is 12.5. The van der Waals surface area contributed by atoms with Crippen LogP contribution in [0.2, 0.25) is 0 Å². The number of rotatable bonds is 11. The lowest BCUT2D eigenvalue weighted by Crippen LogP contribution is -2.58. The summed E-state index contributed by atoms with van der Waals surface area (Å²) < 4.78 is 16.4. The number of aliphatic carboxylic acids is 2. The highest BCUT2D eigenvalue weighted by Gasteiger charge is 2.59. The van der Waals surface area contributed by atoms with Crippen molar-refractivity contribution in [3.8, 4) is 0 Å². The number of carbonyl (C=O) groups is 5. The minimum Gasteiger partial charge on any atom is -0.481 e. The van der Waals surface area contributed by atoms with Crippen LogP contribution in [0.4, 0.5) is 0 Å². The first kappa shape index (κ1) is 29.1. The minimum absolute atomic E-state index is 0.0804. The summed E-state index contributed by atoms with van der Waals surface area (Å²) >= 11 is 0. The number of fused-ring (bicyclic) bond motifs is 1. The lowest BCUT2D eigenvalue weighted by atomic mass is 9.46. The van der Waals surface area contributed by atoms with Crippen LogP contribution in [0.1, 0.15) is 65.2 Å². The maximum Gasteiger partial charge on any atom is 0.338 e. The first-order valence-electron chi connectivity index (χ1n) is 12.9. The number of carbonyl (C=O) groups excluding carboxylic acids is 3. The zero-order valence-corrected chi connectivity index (χ0v) is 21.9. The second-order valence-corrected chi connectivity index (χ2v) is 10.8. The van der Waals surface area contributed by atoms with Crippen molar-refractivity contribution in [2.45, 2.75) is 71.3 Å². The molecule has 38 heavy (non-hydrogen) atoms. The maximum absolute atomic E-state index is 12.5. The smallest absolute Gasteiger partial charge is 0.338 e. The van der Waals surface area contributed by atoms with Gasteiger partial charge >= 0.3 is 29.8 Å². The van der Waals surface area contributed by atoms with Gasteiger partial charge in [0.05, 0.1) is 31.3 Å². The first-order chi connectivity index (χ1) is 17.9. The molecule has 1 aliphatic heterocycles. The van der Waals surface area contributed by atoms with Gasteiger partial charge in [-0.3, -0.25) is 19.2 Å². The van der Waals surface area contributed by atoms with E-state index in [9.17, 15) is 24.0 Å². The largest absolute Gasteiger partial charge is 0.481 e. The average molecular weight is 533 g/mol. The van der Waals surface area contributed by atoms with Crippen LogP contribution >= 0.6 is 0 Å². The third kappa shape index (κ3) is 6.52. The van der Waals surface area contributed by atoms with Crippen LogP contribution in [-0.4, -0.2) is 59.4 Å². The molecule has 0 spiro atoms. The van der Waals surface area contributed by atoms with Crippen LogP contribution in [0.25, 0.3) is 0 Å². The molecule has 0 amide bonds. The number of carboxylic acids is 2. The number of hydrogen-bond acceptors (Lipinski definition) is 8. The van der Waals surface area contributed by atoms with Crippen molar-refractivity contribution in [2.24, 2.45) is 22.7 Å². The molecule has 10 heteroatoms. The topological polar surface area (TPSA) is 154 Å². The molecule has 5 atom stereocenters. The third-order valence-corrected chi connectivity index (χ3v) is 8.30. The fourth-order valence-corrected chi connectivity index (χ4v) is 6.30. The highest BCUT2D eigenvalue weighted by molar-refractivity contribution is 5.93. The van der Waals surface area contributed by atoms with Crippen molar-refractivity contribution < 1.29 is 48.4 Å². The number of hydrogen-bond donors (Lipinski definition) is 2. The molecule has 10 nitrogen and oxygen atoms in total. The Morgan fingerprint density at radius 3 is 2.34 bits per heavy atom. The van der Waals surface area contributed by atoms with Gasteiger partial charge < -0.3 is 24.4 Å². The normalized spacial score (nSPS) is 30.8. The van der Waals surface area contributed by atoms with Gasteiger partial charge in [-0.15, -0.1) is 0 Å². The van der Waals surface area contributed by atoms with Gasteiger partial charge in [0, 0.05) is 11.3 Å². The zero-order chi connectivity index (χ0) is 28.1. The molecule has 208 valence electrons. The van der Waals surface area contributed by atoms with Gasteiger partial charge in [-0.2, -0.15) is 0 Å². The average Bonchev–Trinajstić information content (AvgIpc) is 3.26. The van der Waals surface area contributed by atoms with Gasteiger partial charge in [-0.1, -0.05) is 38.2 Å². The molecule has 2 saturated carbocycles. The Hall–Kier alpha value is -3.43. The van der Waals surface area contributed by atoms with Crippen molar-refractivity contribution >= 4 is 29.8 Å². The van der Waals surface area contributed by atoms with Crippen molar-refractivity contribution in [1.82, 2.24) is 0 Å². The molecule has 0 bridgehead atoms. The van der Waals surface area contributed by atoms with Crippen LogP contribution in [0.5, 0.6) is 0 Å². The van der Waals surface area contributed by atoms with Gasteiger partial charge in [0.1, 0.15) is 19.3 Å². The summed E-state index contributed by atoms with van der Waals surface area (Å²) in [5, 5.41) is 17.8.